The van der Waals surface area contributed by atoms with Crippen molar-refractivity contribution in [2.45, 2.75) is 19.4 Å². The van der Waals surface area contributed by atoms with Crippen molar-refractivity contribution in [1.29, 1.82) is 0 Å². The zero-order valence-electron chi connectivity index (χ0n) is 10.4. The van der Waals surface area contributed by atoms with Gasteiger partial charge in [-0.15, -0.1) is 0 Å². The minimum Gasteiger partial charge on any atom is -0.399 e. The molecule has 0 aliphatic heterocycles. The maximum absolute atomic E-state index is 9.51. The van der Waals surface area contributed by atoms with E-state index in [1.54, 1.807) is 6.92 Å². The molecule has 0 saturated carbocycles. The van der Waals surface area contributed by atoms with Crippen LogP contribution in [0.2, 0.25) is 0 Å². The fraction of sp³-hybridized carbons (Fsp3) is 0.200. The maximum Gasteiger partial charge on any atom is 0.0553 e. The Morgan fingerprint density at radius 2 is 1.89 bits per heavy atom. The van der Waals surface area contributed by atoms with Crippen LogP contribution in [0.1, 0.15) is 12.5 Å². The molecule has 0 aromatic heterocycles. The normalized spacial score (nSPS) is 12.1. The SMILES string of the molecule is CC(O)Cc1ccc(N)cc1Nc1ccccc1. The minimum atomic E-state index is -0.370. The summed E-state index contributed by atoms with van der Waals surface area (Å²) in [7, 11) is 0. The number of para-hydroxylation sites is 1. The van der Waals surface area contributed by atoms with Gasteiger partial charge in [-0.05, 0) is 36.8 Å². The van der Waals surface area contributed by atoms with E-state index in [0.717, 1.165) is 16.9 Å². The summed E-state index contributed by atoms with van der Waals surface area (Å²) < 4.78 is 0. The Morgan fingerprint density at radius 1 is 1.17 bits per heavy atom. The molecule has 0 spiro atoms. The number of aliphatic hydroxyl groups excluding tert-OH is 1. The largest absolute Gasteiger partial charge is 0.399 e. The third-order valence-corrected chi connectivity index (χ3v) is 2.70. The van der Waals surface area contributed by atoms with Gasteiger partial charge in [0.2, 0.25) is 0 Å². The van der Waals surface area contributed by atoms with Gasteiger partial charge < -0.3 is 16.2 Å². The van der Waals surface area contributed by atoms with E-state index in [2.05, 4.69) is 5.32 Å². The van der Waals surface area contributed by atoms with Crippen LogP contribution < -0.4 is 11.1 Å². The second-order valence-corrected chi connectivity index (χ2v) is 4.46. The topological polar surface area (TPSA) is 58.3 Å². The molecule has 2 aromatic carbocycles. The lowest BCUT2D eigenvalue weighted by atomic mass is 10.1. The number of hydrogen-bond donors (Lipinski definition) is 3. The highest BCUT2D eigenvalue weighted by atomic mass is 16.3. The van der Waals surface area contributed by atoms with Crippen LogP contribution in [0, 0.1) is 0 Å². The Labute approximate surface area is 107 Å². The Kier molecular flexibility index (Phi) is 3.85. The molecule has 1 atom stereocenters. The fourth-order valence-electron chi connectivity index (χ4n) is 1.88. The lowest BCUT2D eigenvalue weighted by molar-refractivity contribution is 0.195. The number of benzene rings is 2. The van der Waals surface area contributed by atoms with Gasteiger partial charge in [0.05, 0.1) is 6.10 Å². The molecule has 94 valence electrons. The first-order chi connectivity index (χ1) is 8.65. The summed E-state index contributed by atoms with van der Waals surface area (Å²) in [6.45, 7) is 1.78. The van der Waals surface area contributed by atoms with Crippen LogP contribution >= 0.6 is 0 Å². The summed E-state index contributed by atoms with van der Waals surface area (Å²) in [5.74, 6) is 0. The Bertz CT molecular complexity index is 509. The van der Waals surface area contributed by atoms with Gasteiger partial charge in [0.25, 0.3) is 0 Å². The summed E-state index contributed by atoms with van der Waals surface area (Å²) in [5, 5.41) is 12.8. The number of nitrogens with one attached hydrogen (secondary N) is 1. The third kappa shape index (κ3) is 3.25. The molecular formula is C15H18N2O. The van der Waals surface area contributed by atoms with Crippen molar-refractivity contribution in [3.05, 3.63) is 54.1 Å². The van der Waals surface area contributed by atoms with Gasteiger partial charge in [-0.1, -0.05) is 24.3 Å². The van der Waals surface area contributed by atoms with Crippen LogP contribution in [0.25, 0.3) is 0 Å². The highest BCUT2D eigenvalue weighted by Gasteiger charge is 2.06. The molecule has 3 heteroatoms. The Morgan fingerprint density at radius 3 is 2.56 bits per heavy atom. The van der Waals surface area contributed by atoms with Gasteiger partial charge in [0, 0.05) is 23.5 Å². The van der Waals surface area contributed by atoms with E-state index in [-0.39, 0.29) is 6.10 Å². The first-order valence-electron chi connectivity index (χ1n) is 6.03. The van der Waals surface area contributed by atoms with Crippen molar-refractivity contribution in [2.75, 3.05) is 11.1 Å². The molecule has 0 fully saturated rings. The molecule has 0 aliphatic carbocycles. The average molecular weight is 242 g/mol. The molecule has 0 amide bonds. The standard InChI is InChI=1S/C15H18N2O/c1-11(18)9-12-7-8-13(16)10-15(12)17-14-5-3-2-4-6-14/h2-8,10-11,17-18H,9,16H2,1H3. The van der Waals surface area contributed by atoms with Crippen LogP contribution in [0.5, 0.6) is 0 Å². The molecule has 0 aliphatic rings. The average Bonchev–Trinajstić information content (AvgIpc) is 2.33. The molecule has 2 rings (SSSR count). The van der Waals surface area contributed by atoms with Crippen molar-refractivity contribution < 1.29 is 5.11 Å². The molecule has 18 heavy (non-hydrogen) atoms. The van der Waals surface area contributed by atoms with Crippen molar-refractivity contribution in [2.24, 2.45) is 0 Å². The lowest BCUT2D eigenvalue weighted by Crippen LogP contribution is -2.07. The number of hydrogen-bond acceptors (Lipinski definition) is 3. The van der Waals surface area contributed by atoms with Crippen molar-refractivity contribution in [3.8, 4) is 0 Å². The second-order valence-electron chi connectivity index (χ2n) is 4.46. The summed E-state index contributed by atoms with van der Waals surface area (Å²) in [6.07, 6.45) is 0.236. The highest BCUT2D eigenvalue weighted by molar-refractivity contribution is 5.67. The van der Waals surface area contributed by atoms with Gasteiger partial charge in [-0.25, -0.2) is 0 Å². The Balaban J connectivity index is 2.27. The zero-order chi connectivity index (χ0) is 13.0. The number of rotatable bonds is 4. The van der Waals surface area contributed by atoms with E-state index in [1.165, 1.54) is 0 Å². The van der Waals surface area contributed by atoms with E-state index < -0.39 is 0 Å². The monoisotopic (exact) mass is 242 g/mol. The minimum absolute atomic E-state index is 0.370. The van der Waals surface area contributed by atoms with Crippen LogP contribution in [0.4, 0.5) is 17.1 Å². The number of nitrogens with two attached hydrogens (primary N) is 1. The van der Waals surface area contributed by atoms with E-state index in [9.17, 15) is 5.11 Å². The van der Waals surface area contributed by atoms with Gasteiger partial charge in [0.15, 0.2) is 0 Å². The Hall–Kier alpha value is -2.00. The summed E-state index contributed by atoms with van der Waals surface area (Å²) in [5.41, 5.74) is 9.53. The quantitative estimate of drug-likeness (QED) is 0.722. The maximum atomic E-state index is 9.51. The van der Waals surface area contributed by atoms with E-state index in [1.807, 2.05) is 48.5 Å². The van der Waals surface area contributed by atoms with Crippen molar-refractivity contribution in [1.82, 2.24) is 0 Å². The van der Waals surface area contributed by atoms with Crippen molar-refractivity contribution >= 4 is 17.1 Å². The molecule has 4 N–H and O–H groups in total. The highest BCUT2D eigenvalue weighted by Crippen LogP contribution is 2.24. The molecule has 1 unspecified atom stereocenters. The van der Waals surface area contributed by atoms with Crippen LogP contribution in [0.3, 0.4) is 0 Å². The van der Waals surface area contributed by atoms with Gasteiger partial charge >= 0.3 is 0 Å². The number of anilines is 3. The van der Waals surface area contributed by atoms with Crippen molar-refractivity contribution in [3.63, 3.8) is 0 Å². The molecule has 0 radical (unpaired) electrons. The third-order valence-electron chi connectivity index (χ3n) is 2.70. The van der Waals surface area contributed by atoms with Gasteiger partial charge in [-0.3, -0.25) is 0 Å². The first kappa shape index (κ1) is 12.5. The summed E-state index contributed by atoms with van der Waals surface area (Å²) in [6, 6.07) is 15.6. The molecular weight excluding hydrogens is 224 g/mol. The zero-order valence-corrected chi connectivity index (χ0v) is 10.4. The van der Waals surface area contributed by atoms with Gasteiger partial charge in [0.1, 0.15) is 0 Å². The summed E-state index contributed by atoms with van der Waals surface area (Å²) in [4.78, 5) is 0. The lowest BCUT2D eigenvalue weighted by Gasteiger charge is -2.14. The predicted molar refractivity (Wildman–Crippen MR) is 76.0 cm³/mol. The summed E-state index contributed by atoms with van der Waals surface area (Å²) >= 11 is 0. The second kappa shape index (κ2) is 5.56. The van der Waals surface area contributed by atoms with Crippen LogP contribution in [-0.2, 0) is 6.42 Å². The predicted octanol–water partition coefficient (Wildman–Crippen LogP) is 2.94. The fourth-order valence-corrected chi connectivity index (χ4v) is 1.88. The number of nitrogen functional groups attached to an aromatic ring is 1. The smallest absolute Gasteiger partial charge is 0.0553 e. The molecule has 0 heterocycles. The van der Waals surface area contributed by atoms with Gasteiger partial charge in [-0.2, -0.15) is 0 Å². The molecule has 0 saturated heterocycles. The first-order valence-corrected chi connectivity index (χ1v) is 6.03. The van der Waals surface area contributed by atoms with E-state index in [4.69, 9.17) is 5.73 Å². The molecule has 2 aromatic rings. The van der Waals surface area contributed by atoms with Crippen LogP contribution in [-0.4, -0.2) is 11.2 Å². The van der Waals surface area contributed by atoms with E-state index in [0.29, 0.717) is 12.1 Å². The molecule has 3 nitrogen and oxygen atoms in total. The molecule has 0 bridgehead atoms. The number of aliphatic hydroxyl groups is 1. The van der Waals surface area contributed by atoms with E-state index >= 15 is 0 Å². The van der Waals surface area contributed by atoms with Crippen LogP contribution in [0.15, 0.2) is 48.5 Å².